The maximum Gasteiger partial charge on any atom is 0.169 e. The van der Waals surface area contributed by atoms with E-state index in [0.29, 0.717) is 6.04 Å². The number of halogens is 1. The molecule has 2 heterocycles. The predicted octanol–water partition coefficient (Wildman–Crippen LogP) is 1.33. The summed E-state index contributed by atoms with van der Waals surface area (Å²) in [5, 5.41) is 0. The third-order valence-electron chi connectivity index (χ3n) is 5.55. The Morgan fingerprint density at radius 2 is 1.83 bits per heavy atom. The molecule has 2 unspecified atom stereocenters. The Kier molecular flexibility index (Phi) is 5.06. The van der Waals surface area contributed by atoms with Crippen LogP contribution in [-0.4, -0.2) is 31.7 Å². The maximum atomic E-state index is 6.07. The van der Waals surface area contributed by atoms with Gasteiger partial charge in [0.1, 0.15) is 11.8 Å². The molecule has 1 saturated heterocycles. The van der Waals surface area contributed by atoms with Crippen LogP contribution in [0.5, 0.6) is 17.2 Å². The summed E-state index contributed by atoms with van der Waals surface area (Å²) in [6.07, 6.45) is 3.73. The molecular formula is C20H24INO2. The SMILES string of the molecule is COc1cc2c(cc1Oc1ccccc1)CC[N+]1(C)CCCC21.[I-]. The van der Waals surface area contributed by atoms with Crippen LogP contribution in [0.4, 0.5) is 0 Å². The molecule has 4 heteroatoms. The molecule has 2 aliphatic rings. The van der Waals surface area contributed by atoms with Crippen LogP contribution >= 0.6 is 0 Å². The molecule has 2 aromatic carbocycles. The van der Waals surface area contributed by atoms with Crippen molar-refractivity contribution in [3.8, 4) is 17.2 Å². The van der Waals surface area contributed by atoms with Crippen molar-refractivity contribution >= 4 is 0 Å². The Labute approximate surface area is 161 Å². The third-order valence-corrected chi connectivity index (χ3v) is 5.55. The third kappa shape index (κ3) is 3.02. The molecule has 0 amide bonds. The first-order valence-corrected chi connectivity index (χ1v) is 8.47. The number of fused-ring (bicyclic) bond motifs is 3. The smallest absolute Gasteiger partial charge is 0.169 e. The van der Waals surface area contributed by atoms with Gasteiger partial charge in [-0.1, -0.05) is 18.2 Å². The average molecular weight is 437 g/mol. The first-order chi connectivity index (χ1) is 11.2. The van der Waals surface area contributed by atoms with Crippen LogP contribution in [0.2, 0.25) is 0 Å². The van der Waals surface area contributed by atoms with E-state index < -0.39 is 0 Å². The lowest BCUT2D eigenvalue weighted by Gasteiger charge is -2.41. The quantitative estimate of drug-likeness (QED) is 0.533. The Morgan fingerprint density at radius 1 is 1.04 bits per heavy atom. The van der Waals surface area contributed by atoms with Crippen molar-refractivity contribution in [3.63, 3.8) is 0 Å². The van der Waals surface area contributed by atoms with E-state index in [1.54, 1.807) is 7.11 Å². The molecule has 4 rings (SSSR count). The van der Waals surface area contributed by atoms with E-state index in [9.17, 15) is 0 Å². The summed E-state index contributed by atoms with van der Waals surface area (Å²) in [4.78, 5) is 0. The van der Waals surface area contributed by atoms with E-state index in [1.807, 2.05) is 30.3 Å². The highest BCUT2D eigenvalue weighted by Gasteiger charge is 2.43. The van der Waals surface area contributed by atoms with E-state index in [2.05, 4.69) is 19.2 Å². The molecule has 2 aliphatic heterocycles. The van der Waals surface area contributed by atoms with Gasteiger partial charge in [0.15, 0.2) is 11.5 Å². The fraction of sp³-hybridized carbons (Fsp3) is 0.400. The topological polar surface area (TPSA) is 18.5 Å². The molecule has 2 aromatic rings. The Balaban J connectivity index is 0.00000169. The summed E-state index contributed by atoms with van der Waals surface area (Å²) < 4.78 is 12.9. The lowest BCUT2D eigenvalue weighted by molar-refractivity contribution is -0.928. The minimum Gasteiger partial charge on any atom is -1.00 e. The normalized spacial score (nSPS) is 24.5. The van der Waals surface area contributed by atoms with Crippen LogP contribution in [0.1, 0.15) is 30.0 Å². The average Bonchev–Trinajstić information content (AvgIpc) is 2.97. The minimum atomic E-state index is 0. The number of para-hydroxylation sites is 1. The van der Waals surface area contributed by atoms with Gasteiger partial charge in [-0.05, 0) is 29.8 Å². The van der Waals surface area contributed by atoms with Crippen molar-refractivity contribution in [1.82, 2.24) is 0 Å². The number of methoxy groups -OCH3 is 1. The zero-order chi connectivity index (χ0) is 15.9. The Morgan fingerprint density at radius 3 is 2.58 bits per heavy atom. The van der Waals surface area contributed by atoms with Gasteiger partial charge in [-0.2, -0.15) is 0 Å². The number of benzene rings is 2. The molecule has 0 N–H and O–H groups in total. The number of nitrogens with zero attached hydrogens (tertiary/aromatic N) is 1. The van der Waals surface area contributed by atoms with E-state index in [0.717, 1.165) is 23.7 Å². The van der Waals surface area contributed by atoms with Gasteiger partial charge in [-0.25, -0.2) is 0 Å². The highest BCUT2D eigenvalue weighted by Crippen LogP contribution is 2.46. The second kappa shape index (κ2) is 6.92. The van der Waals surface area contributed by atoms with E-state index in [1.165, 1.54) is 41.5 Å². The van der Waals surface area contributed by atoms with Crippen molar-refractivity contribution in [2.24, 2.45) is 0 Å². The monoisotopic (exact) mass is 437 g/mol. The first kappa shape index (κ1) is 17.5. The molecule has 0 radical (unpaired) electrons. The molecule has 2 atom stereocenters. The summed E-state index contributed by atoms with van der Waals surface area (Å²) >= 11 is 0. The molecule has 0 aromatic heterocycles. The number of quaternary nitrogens is 1. The number of ether oxygens (including phenoxy) is 2. The fourth-order valence-electron chi connectivity index (χ4n) is 4.25. The van der Waals surface area contributed by atoms with Gasteiger partial charge in [0.25, 0.3) is 0 Å². The van der Waals surface area contributed by atoms with Crippen LogP contribution in [0, 0.1) is 0 Å². The Bertz CT molecular complexity index is 719. The maximum absolute atomic E-state index is 6.07. The number of likely N-dealkylation sites (N-methyl/N-ethyl adjacent to an activating group) is 1. The number of hydrogen-bond donors (Lipinski definition) is 0. The van der Waals surface area contributed by atoms with Crippen LogP contribution in [0.25, 0.3) is 0 Å². The largest absolute Gasteiger partial charge is 1.00 e. The summed E-state index contributed by atoms with van der Waals surface area (Å²) in [5.41, 5.74) is 2.90. The van der Waals surface area contributed by atoms with Crippen molar-refractivity contribution in [2.45, 2.75) is 25.3 Å². The lowest BCUT2D eigenvalue weighted by atomic mass is 9.90. The highest BCUT2D eigenvalue weighted by atomic mass is 127. The summed E-state index contributed by atoms with van der Waals surface area (Å²) in [7, 11) is 4.13. The summed E-state index contributed by atoms with van der Waals surface area (Å²) in [6.45, 7) is 2.53. The number of hydrogen-bond acceptors (Lipinski definition) is 2. The van der Waals surface area contributed by atoms with Crippen molar-refractivity contribution < 1.29 is 37.9 Å². The zero-order valence-corrected chi connectivity index (χ0v) is 16.5. The predicted molar refractivity (Wildman–Crippen MR) is 91.1 cm³/mol. The lowest BCUT2D eigenvalue weighted by Crippen LogP contribution is -3.00. The van der Waals surface area contributed by atoms with Crippen molar-refractivity contribution in [2.75, 3.05) is 27.2 Å². The fourth-order valence-corrected chi connectivity index (χ4v) is 4.25. The zero-order valence-electron chi connectivity index (χ0n) is 14.3. The second-order valence-electron chi connectivity index (χ2n) is 6.95. The molecule has 1 fully saturated rings. The Hall–Kier alpha value is -1.27. The summed E-state index contributed by atoms with van der Waals surface area (Å²) in [5.74, 6) is 2.52. The van der Waals surface area contributed by atoms with Gasteiger partial charge in [-0.3, -0.25) is 0 Å². The summed E-state index contributed by atoms with van der Waals surface area (Å²) in [6, 6.07) is 15.0. The molecular weight excluding hydrogens is 413 g/mol. The first-order valence-electron chi connectivity index (χ1n) is 8.47. The molecule has 128 valence electrons. The van der Waals surface area contributed by atoms with Crippen LogP contribution in [-0.2, 0) is 6.42 Å². The molecule has 0 aliphatic carbocycles. The van der Waals surface area contributed by atoms with Gasteiger partial charge in [-0.15, -0.1) is 0 Å². The highest BCUT2D eigenvalue weighted by molar-refractivity contribution is 5.50. The van der Waals surface area contributed by atoms with Crippen LogP contribution in [0.15, 0.2) is 42.5 Å². The van der Waals surface area contributed by atoms with Crippen LogP contribution < -0.4 is 33.5 Å². The van der Waals surface area contributed by atoms with Crippen molar-refractivity contribution in [1.29, 1.82) is 0 Å². The van der Waals surface area contributed by atoms with Crippen LogP contribution in [0.3, 0.4) is 0 Å². The molecule has 24 heavy (non-hydrogen) atoms. The van der Waals surface area contributed by atoms with Crippen molar-refractivity contribution in [3.05, 3.63) is 53.6 Å². The van der Waals surface area contributed by atoms with E-state index >= 15 is 0 Å². The van der Waals surface area contributed by atoms with E-state index in [4.69, 9.17) is 9.47 Å². The standard InChI is InChI=1S/C20H24NO2.HI/c1-21-11-6-9-18(21)17-14-19(22-2)20(13-15(17)10-12-21)23-16-7-4-3-5-8-16;/h3-5,7-8,13-14,18H,6,9-12H2,1-2H3;1H/q+1;/p-1. The van der Waals surface area contributed by atoms with Gasteiger partial charge < -0.3 is 37.9 Å². The van der Waals surface area contributed by atoms with Gasteiger partial charge in [0.05, 0.1) is 27.2 Å². The molecule has 0 saturated carbocycles. The van der Waals surface area contributed by atoms with Gasteiger partial charge >= 0.3 is 0 Å². The van der Waals surface area contributed by atoms with Gasteiger partial charge in [0.2, 0.25) is 0 Å². The molecule has 0 bridgehead atoms. The number of rotatable bonds is 3. The molecule has 0 spiro atoms. The second-order valence-corrected chi connectivity index (χ2v) is 6.95. The minimum absolute atomic E-state index is 0. The van der Waals surface area contributed by atoms with E-state index in [-0.39, 0.29) is 24.0 Å². The van der Waals surface area contributed by atoms with Gasteiger partial charge in [0, 0.05) is 24.8 Å². The molecule has 3 nitrogen and oxygen atoms in total.